The highest BCUT2D eigenvalue weighted by Gasteiger charge is 2.40. The van der Waals surface area contributed by atoms with E-state index < -0.39 is 5.79 Å². The number of nitrogens with zero attached hydrogens (tertiary/aromatic N) is 1. The number of ether oxygens (including phenoxy) is 3. The molecule has 0 amide bonds. The number of hydrogen-bond acceptors (Lipinski definition) is 7. The van der Waals surface area contributed by atoms with Gasteiger partial charge in [0.15, 0.2) is 11.6 Å². The number of ketones is 1. The molecule has 0 atom stereocenters. The molecule has 1 aromatic heterocycles. The molecule has 2 fully saturated rings. The van der Waals surface area contributed by atoms with E-state index in [1.165, 1.54) is 4.88 Å². The van der Waals surface area contributed by atoms with E-state index >= 15 is 0 Å². The Labute approximate surface area is 163 Å². The molecule has 1 spiro atoms. The number of carbonyl (C=O) groups excluding carboxylic acids is 2. The van der Waals surface area contributed by atoms with Crippen LogP contribution in [0.15, 0.2) is 0 Å². The first kappa shape index (κ1) is 19.1. The van der Waals surface area contributed by atoms with E-state index in [0.29, 0.717) is 38.3 Å². The van der Waals surface area contributed by atoms with Crippen LogP contribution in [0.3, 0.4) is 0 Å². The van der Waals surface area contributed by atoms with Gasteiger partial charge in [0.25, 0.3) is 0 Å². The summed E-state index contributed by atoms with van der Waals surface area (Å²) in [4.78, 5) is 29.5. The molecule has 0 bridgehead atoms. The summed E-state index contributed by atoms with van der Waals surface area (Å²) in [5.74, 6) is -0.523. The van der Waals surface area contributed by atoms with Crippen LogP contribution in [-0.2, 0) is 38.3 Å². The average molecular weight is 394 g/mol. The monoisotopic (exact) mass is 393 g/mol. The maximum absolute atomic E-state index is 12.7. The van der Waals surface area contributed by atoms with Crippen LogP contribution in [0.2, 0.25) is 0 Å². The molecule has 0 radical (unpaired) electrons. The Bertz CT molecular complexity index is 712. The lowest BCUT2D eigenvalue weighted by atomic mass is 10.0. The van der Waals surface area contributed by atoms with E-state index in [1.54, 1.807) is 11.3 Å². The summed E-state index contributed by atoms with van der Waals surface area (Å²) in [5, 5.41) is 0. The molecule has 0 N–H and O–H groups in total. The van der Waals surface area contributed by atoms with Crippen LogP contribution in [0, 0.1) is 0 Å². The normalized spacial score (nSPS) is 21.5. The molecule has 3 heterocycles. The lowest BCUT2D eigenvalue weighted by Crippen LogP contribution is -2.46. The quantitative estimate of drug-likeness (QED) is 0.692. The lowest BCUT2D eigenvalue weighted by molar-refractivity contribution is -0.185. The number of carbonyl (C=O) groups is 2. The van der Waals surface area contributed by atoms with Crippen molar-refractivity contribution in [3.05, 3.63) is 20.9 Å². The van der Waals surface area contributed by atoms with Crippen molar-refractivity contribution in [2.24, 2.45) is 0 Å². The molecule has 6 nitrogen and oxygen atoms in total. The van der Waals surface area contributed by atoms with Crippen LogP contribution < -0.4 is 0 Å². The second kappa shape index (κ2) is 7.99. The minimum atomic E-state index is -0.412. The van der Waals surface area contributed by atoms with Gasteiger partial charge >= 0.3 is 5.97 Å². The van der Waals surface area contributed by atoms with Gasteiger partial charge in [0, 0.05) is 42.1 Å². The summed E-state index contributed by atoms with van der Waals surface area (Å²) in [7, 11) is 0. The second-order valence-corrected chi connectivity index (χ2v) is 8.66. The van der Waals surface area contributed by atoms with Gasteiger partial charge < -0.3 is 14.2 Å². The van der Waals surface area contributed by atoms with Gasteiger partial charge in [0.1, 0.15) is 0 Å². The van der Waals surface area contributed by atoms with Gasteiger partial charge in [-0.1, -0.05) is 0 Å². The van der Waals surface area contributed by atoms with Crippen molar-refractivity contribution in [2.45, 2.75) is 51.2 Å². The minimum absolute atomic E-state index is 0.157. The molecule has 4 rings (SSSR count). The molecule has 0 aromatic carbocycles. The van der Waals surface area contributed by atoms with Gasteiger partial charge in [-0.3, -0.25) is 9.69 Å². The van der Waals surface area contributed by atoms with Gasteiger partial charge in [0.2, 0.25) is 0 Å². The highest BCUT2D eigenvalue weighted by Crippen LogP contribution is 2.36. The third-order valence-electron chi connectivity index (χ3n) is 5.66. The maximum atomic E-state index is 12.7. The van der Waals surface area contributed by atoms with Crippen molar-refractivity contribution in [2.75, 3.05) is 39.5 Å². The lowest BCUT2D eigenvalue weighted by Gasteiger charge is -2.37. The Morgan fingerprint density at radius 3 is 2.63 bits per heavy atom. The summed E-state index contributed by atoms with van der Waals surface area (Å²) in [6.07, 6.45) is 4.95. The molecule has 0 saturated carbocycles. The summed E-state index contributed by atoms with van der Waals surface area (Å²) >= 11 is 1.63. The Kier molecular flexibility index (Phi) is 5.64. The SMILES string of the molecule is CCOC(=O)c1c(CC(=O)CN2CCC3(CC2)OCCO3)sc2c1CCC2. The van der Waals surface area contributed by atoms with Crippen molar-refractivity contribution in [3.63, 3.8) is 0 Å². The Hall–Kier alpha value is -1.28. The smallest absolute Gasteiger partial charge is 0.339 e. The van der Waals surface area contributed by atoms with E-state index in [9.17, 15) is 9.59 Å². The summed E-state index contributed by atoms with van der Waals surface area (Å²) < 4.78 is 16.7. The standard InChI is InChI=1S/C20H27NO5S/c1-2-24-19(23)18-15-4-3-5-16(15)27-17(18)12-14(22)13-21-8-6-20(7-9-21)25-10-11-26-20/h2-13H2,1H3. The van der Waals surface area contributed by atoms with Crippen molar-refractivity contribution >= 4 is 23.1 Å². The fourth-order valence-corrected chi connectivity index (χ4v) is 5.76. The first-order valence-electron chi connectivity index (χ1n) is 9.93. The molecule has 148 valence electrons. The molecule has 1 aromatic rings. The zero-order valence-corrected chi connectivity index (χ0v) is 16.7. The molecule has 27 heavy (non-hydrogen) atoms. The van der Waals surface area contributed by atoms with E-state index in [-0.39, 0.29) is 11.8 Å². The van der Waals surface area contributed by atoms with Gasteiger partial charge in [-0.2, -0.15) is 0 Å². The van der Waals surface area contributed by atoms with Crippen molar-refractivity contribution in [1.29, 1.82) is 0 Å². The van der Waals surface area contributed by atoms with Crippen LogP contribution >= 0.6 is 11.3 Å². The number of rotatable bonds is 6. The summed E-state index contributed by atoms with van der Waals surface area (Å²) in [6.45, 7) is 5.53. The Balaban J connectivity index is 1.38. The number of piperidine rings is 1. The van der Waals surface area contributed by atoms with Gasteiger partial charge in [-0.15, -0.1) is 11.3 Å². The van der Waals surface area contributed by atoms with E-state index in [0.717, 1.165) is 55.6 Å². The van der Waals surface area contributed by atoms with Crippen LogP contribution in [-0.4, -0.2) is 61.9 Å². The molecule has 7 heteroatoms. The van der Waals surface area contributed by atoms with Crippen LogP contribution in [0.1, 0.15) is 51.9 Å². The third kappa shape index (κ3) is 3.97. The number of fused-ring (bicyclic) bond motifs is 1. The predicted octanol–water partition coefficient (Wildman–Crippen LogP) is 2.36. The number of likely N-dealkylation sites (tertiary alicyclic amines) is 1. The largest absolute Gasteiger partial charge is 0.462 e. The highest BCUT2D eigenvalue weighted by atomic mass is 32.1. The topological polar surface area (TPSA) is 65.1 Å². The van der Waals surface area contributed by atoms with E-state index in [1.807, 2.05) is 6.92 Å². The van der Waals surface area contributed by atoms with E-state index in [2.05, 4.69) is 4.90 Å². The number of thiophene rings is 1. The molecule has 2 aliphatic heterocycles. The fraction of sp³-hybridized carbons (Fsp3) is 0.700. The fourth-order valence-electron chi connectivity index (χ4n) is 4.35. The third-order valence-corrected chi connectivity index (χ3v) is 6.95. The number of Topliss-reactive ketones (excluding diaryl/α,β-unsaturated/α-hetero) is 1. The first-order valence-corrected chi connectivity index (χ1v) is 10.7. The Morgan fingerprint density at radius 1 is 1.19 bits per heavy atom. The van der Waals surface area contributed by atoms with Crippen molar-refractivity contribution in [1.82, 2.24) is 4.90 Å². The average Bonchev–Trinajstić information content (AvgIpc) is 3.34. The molecule has 2 saturated heterocycles. The zero-order valence-electron chi connectivity index (χ0n) is 15.9. The molecule has 3 aliphatic rings. The highest BCUT2D eigenvalue weighted by molar-refractivity contribution is 7.12. The zero-order chi connectivity index (χ0) is 18.9. The van der Waals surface area contributed by atoms with Crippen LogP contribution in [0.25, 0.3) is 0 Å². The number of hydrogen-bond donors (Lipinski definition) is 0. The first-order chi connectivity index (χ1) is 13.1. The maximum Gasteiger partial charge on any atom is 0.339 e. The van der Waals surface area contributed by atoms with Crippen LogP contribution in [0.5, 0.6) is 0 Å². The second-order valence-electron chi connectivity index (χ2n) is 7.48. The number of aryl methyl sites for hydroxylation is 1. The van der Waals surface area contributed by atoms with Crippen LogP contribution in [0.4, 0.5) is 0 Å². The summed E-state index contributed by atoms with van der Waals surface area (Å²) in [5.41, 5.74) is 1.80. The van der Waals surface area contributed by atoms with Gasteiger partial charge in [-0.25, -0.2) is 4.79 Å². The van der Waals surface area contributed by atoms with E-state index in [4.69, 9.17) is 14.2 Å². The van der Waals surface area contributed by atoms with Crippen molar-refractivity contribution < 1.29 is 23.8 Å². The van der Waals surface area contributed by atoms with Gasteiger partial charge in [0.05, 0.1) is 31.9 Å². The predicted molar refractivity (Wildman–Crippen MR) is 101 cm³/mol. The summed E-state index contributed by atoms with van der Waals surface area (Å²) in [6, 6.07) is 0. The molecule has 0 unspecified atom stereocenters. The molecule has 1 aliphatic carbocycles. The molecular weight excluding hydrogens is 366 g/mol. The number of esters is 1. The minimum Gasteiger partial charge on any atom is -0.462 e. The van der Waals surface area contributed by atoms with Gasteiger partial charge in [-0.05, 0) is 31.7 Å². The van der Waals surface area contributed by atoms with Crippen molar-refractivity contribution in [3.8, 4) is 0 Å². The Morgan fingerprint density at radius 2 is 1.93 bits per heavy atom. The molecular formula is C20H27NO5S.